The first-order valence-electron chi connectivity index (χ1n) is 5.82. The van der Waals surface area contributed by atoms with E-state index >= 15 is 0 Å². The minimum atomic E-state index is -0.369. The van der Waals surface area contributed by atoms with E-state index in [4.69, 9.17) is 4.74 Å². The molecule has 0 spiro atoms. The molecule has 0 aromatic carbocycles. The van der Waals surface area contributed by atoms with E-state index in [0.29, 0.717) is 12.5 Å². The number of rotatable bonds is 4. The largest absolute Gasteiger partial charge is 0.391 e. The lowest BCUT2D eigenvalue weighted by atomic mass is 9.75. The maximum atomic E-state index is 9.19. The Balaban J connectivity index is 2.52. The third-order valence-corrected chi connectivity index (χ3v) is 3.79. The summed E-state index contributed by atoms with van der Waals surface area (Å²) in [4.78, 5) is 0. The van der Waals surface area contributed by atoms with Gasteiger partial charge in [-0.05, 0) is 38.5 Å². The molecule has 15 heavy (non-hydrogen) atoms. The quantitative estimate of drug-likeness (QED) is 0.726. The fraction of sp³-hybridized carbons (Fsp3) is 0.846. The summed E-state index contributed by atoms with van der Waals surface area (Å²) in [5, 5.41) is 9.19. The van der Waals surface area contributed by atoms with Gasteiger partial charge in [0.25, 0.3) is 0 Å². The first kappa shape index (κ1) is 12.7. The minimum absolute atomic E-state index is 0.211. The second-order valence-electron chi connectivity index (χ2n) is 5.34. The second-order valence-corrected chi connectivity index (χ2v) is 5.34. The van der Waals surface area contributed by atoms with Crippen molar-refractivity contribution in [3.8, 4) is 0 Å². The number of hydrogen-bond acceptors (Lipinski definition) is 2. The lowest BCUT2D eigenvalue weighted by Gasteiger charge is -2.34. The Hall–Kier alpha value is -0.340. The third kappa shape index (κ3) is 2.82. The van der Waals surface area contributed by atoms with Crippen molar-refractivity contribution in [1.82, 2.24) is 0 Å². The van der Waals surface area contributed by atoms with E-state index < -0.39 is 0 Å². The van der Waals surface area contributed by atoms with E-state index in [1.54, 1.807) is 6.92 Å². The van der Waals surface area contributed by atoms with Crippen LogP contribution in [0.3, 0.4) is 0 Å². The van der Waals surface area contributed by atoms with Crippen molar-refractivity contribution in [3.63, 3.8) is 0 Å². The van der Waals surface area contributed by atoms with Gasteiger partial charge in [0.1, 0.15) is 0 Å². The van der Waals surface area contributed by atoms with Crippen LogP contribution in [0.5, 0.6) is 0 Å². The van der Waals surface area contributed by atoms with Crippen LogP contribution >= 0.6 is 0 Å². The van der Waals surface area contributed by atoms with E-state index in [-0.39, 0.29) is 17.6 Å². The molecule has 0 fully saturated rings. The number of allylic oxidation sites excluding steroid dienone is 2. The highest BCUT2D eigenvalue weighted by atomic mass is 16.5. The molecule has 0 saturated carbocycles. The van der Waals surface area contributed by atoms with Gasteiger partial charge < -0.3 is 9.84 Å². The number of aliphatic hydroxyl groups is 1. The molecular weight excluding hydrogens is 188 g/mol. The Bertz CT molecular complexity index is 241. The molecule has 1 aliphatic rings. The highest BCUT2D eigenvalue weighted by Gasteiger charge is 2.38. The van der Waals surface area contributed by atoms with Gasteiger partial charge in [-0.2, -0.15) is 0 Å². The van der Waals surface area contributed by atoms with E-state index in [9.17, 15) is 5.11 Å². The van der Waals surface area contributed by atoms with Gasteiger partial charge >= 0.3 is 0 Å². The third-order valence-electron chi connectivity index (χ3n) is 3.79. The van der Waals surface area contributed by atoms with E-state index in [2.05, 4.69) is 33.8 Å². The topological polar surface area (TPSA) is 29.5 Å². The van der Waals surface area contributed by atoms with Gasteiger partial charge in [-0.3, -0.25) is 0 Å². The molecule has 3 atom stereocenters. The molecule has 0 aromatic heterocycles. The van der Waals surface area contributed by atoms with Crippen LogP contribution < -0.4 is 0 Å². The Morgan fingerprint density at radius 2 is 2.13 bits per heavy atom. The van der Waals surface area contributed by atoms with Gasteiger partial charge in [0, 0.05) is 0 Å². The lowest BCUT2D eigenvalue weighted by molar-refractivity contribution is -0.0377. The van der Waals surface area contributed by atoms with E-state index in [1.165, 1.54) is 5.57 Å². The van der Waals surface area contributed by atoms with Crippen molar-refractivity contribution in [2.24, 2.45) is 11.3 Å². The van der Waals surface area contributed by atoms with Crippen molar-refractivity contribution in [1.29, 1.82) is 0 Å². The van der Waals surface area contributed by atoms with E-state index in [0.717, 1.165) is 6.42 Å². The number of ether oxygens (including phenoxy) is 1. The normalized spacial score (nSPS) is 28.7. The number of hydrogen-bond donors (Lipinski definition) is 1. The van der Waals surface area contributed by atoms with Crippen LogP contribution in [0.1, 0.15) is 41.0 Å². The lowest BCUT2D eigenvalue weighted by Crippen LogP contribution is -2.33. The molecule has 1 rings (SSSR count). The van der Waals surface area contributed by atoms with Gasteiger partial charge in [0.2, 0.25) is 0 Å². The Kier molecular flexibility index (Phi) is 3.96. The summed E-state index contributed by atoms with van der Waals surface area (Å²) in [6.07, 6.45) is 3.25. The summed E-state index contributed by atoms with van der Waals surface area (Å²) in [6.45, 7) is 11.1. The molecule has 0 saturated heterocycles. The monoisotopic (exact) mass is 212 g/mol. The Labute approximate surface area is 93.3 Å². The maximum Gasteiger partial charge on any atom is 0.0745 e. The van der Waals surface area contributed by atoms with Crippen molar-refractivity contribution in [3.05, 3.63) is 11.6 Å². The van der Waals surface area contributed by atoms with Gasteiger partial charge in [0.05, 0.1) is 18.8 Å². The predicted octanol–water partition coefficient (Wildman–Crippen LogP) is 2.76. The predicted molar refractivity (Wildman–Crippen MR) is 62.7 cm³/mol. The SMILES string of the molecule is CC1=CCC(C(C)OCC(C)O)C1(C)C. The minimum Gasteiger partial charge on any atom is -0.391 e. The highest BCUT2D eigenvalue weighted by molar-refractivity contribution is 5.19. The number of aliphatic hydroxyl groups excluding tert-OH is 1. The Morgan fingerprint density at radius 1 is 1.53 bits per heavy atom. The smallest absolute Gasteiger partial charge is 0.0745 e. The summed E-state index contributed by atoms with van der Waals surface area (Å²) in [5.74, 6) is 0.538. The summed E-state index contributed by atoms with van der Waals surface area (Å²) >= 11 is 0. The van der Waals surface area contributed by atoms with Crippen LogP contribution in [0.2, 0.25) is 0 Å². The molecule has 2 heteroatoms. The summed E-state index contributed by atoms with van der Waals surface area (Å²) in [5.41, 5.74) is 1.69. The van der Waals surface area contributed by atoms with Crippen molar-refractivity contribution >= 4 is 0 Å². The summed E-state index contributed by atoms with van der Waals surface area (Å²) < 4.78 is 5.69. The van der Waals surface area contributed by atoms with Gasteiger partial charge in [0.15, 0.2) is 0 Å². The van der Waals surface area contributed by atoms with Crippen LogP contribution in [0.15, 0.2) is 11.6 Å². The van der Waals surface area contributed by atoms with Crippen LogP contribution in [-0.2, 0) is 4.74 Å². The zero-order valence-corrected chi connectivity index (χ0v) is 10.6. The average molecular weight is 212 g/mol. The zero-order chi connectivity index (χ0) is 11.6. The second kappa shape index (κ2) is 4.67. The molecule has 1 aliphatic carbocycles. The van der Waals surface area contributed by atoms with Crippen LogP contribution in [0, 0.1) is 11.3 Å². The van der Waals surface area contributed by atoms with Crippen molar-refractivity contribution in [2.75, 3.05) is 6.61 Å². The van der Waals surface area contributed by atoms with Crippen LogP contribution in [-0.4, -0.2) is 23.9 Å². The fourth-order valence-electron chi connectivity index (χ4n) is 2.34. The van der Waals surface area contributed by atoms with Crippen LogP contribution in [0.4, 0.5) is 0 Å². The standard InChI is InChI=1S/C13H24O2/c1-9-6-7-12(13(9,4)5)11(3)15-8-10(2)14/h6,10-12,14H,7-8H2,1-5H3. The molecule has 1 N–H and O–H groups in total. The van der Waals surface area contributed by atoms with Crippen molar-refractivity contribution < 1.29 is 9.84 Å². The summed E-state index contributed by atoms with van der Waals surface area (Å²) in [6, 6.07) is 0. The molecule has 0 radical (unpaired) electrons. The van der Waals surface area contributed by atoms with Gasteiger partial charge in [-0.25, -0.2) is 0 Å². The van der Waals surface area contributed by atoms with Crippen molar-refractivity contribution in [2.45, 2.75) is 53.2 Å². The molecule has 88 valence electrons. The Morgan fingerprint density at radius 3 is 2.53 bits per heavy atom. The molecule has 0 aliphatic heterocycles. The molecule has 0 amide bonds. The molecular formula is C13H24O2. The average Bonchev–Trinajstić information content (AvgIpc) is 2.38. The first-order chi connectivity index (χ1) is 6.85. The summed E-state index contributed by atoms with van der Waals surface area (Å²) in [7, 11) is 0. The molecule has 3 unspecified atom stereocenters. The van der Waals surface area contributed by atoms with Gasteiger partial charge in [-0.15, -0.1) is 0 Å². The van der Waals surface area contributed by atoms with Crippen LogP contribution in [0.25, 0.3) is 0 Å². The molecule has 2 nitrogen and oxygen atoms in total. The molecule has 0 heterocycles. The highest BCUT2D eigenvalue weighted by Crippen LogP contribution is 2.45. The zero-order valence-electron chi connectivity index (χ0n) is 10.6. The molecule has 0 bridgehead atoms. The van der Waals surface area contributed by atoms with E-state index in [1.807, 2.05) is 0 Å². The first-order valence-corrected chi connectivity index (χ1v) is 5.82. The fourth-order valence-corrected chi connectivity index (χ4v) is 2.34. The molecule has 0 aromatic rings. The van der Waals surface area contributed by atoms with Gasteiger partial charge in [-0.1, -0.05) is 25.5 Å². The maximum absolute atomic E-state index is 9.19.